The van der Waals surface area contributed by atoms with Gasteiger partial charge in [0.2, 0.25) is 0 Å². The highest BCUT2D eigenvalue weighted by atomic mass is 35.5. The molecule has 0 radical (unpaired) electrons. The van der Waals surface area contributed by atoms with Gasteiger partial charge in [-0.15, -0.1) is 0 Å². The fraction of sp³-hybridized carbons (Fsp3) is 0.300. The number of carbonyl (C=O) groups excluding carboxylic acids is 1. The minimum atomic E-state index is -0.230. The summed E-state index contributed by atoms with van der Waals surface area (Å²) in [5.74, 6) is 0.886. The van der Waals surface area contributed by atoms with E-state index in [9.17, 15) is 4.79 Å². The van der Waals surface area contributed by atoms with Crippen molar-refractivity contribution >= 4 is 29.0 Å². The Labute approximate surface area is 157 Å². The number of nitrogens with zero attached hydrogens (tertiary/aromatic N) is 2. The predicted molar refractivity (Wildman–Crippen MR) is 103 cm³/mol. The molecule has 2 aliphatic heterocycles. The van der Waals surface area contributed by atoms with Gasteiger partial charge in [0, 0.05) is 29.1 Å². The van der Waals surface area contributed by atoms with Gasteiger partial charge in [0.25, 0.3) is 0 Å². The summed E-state index contributed by atoms with van der Waals surface area (Å²) in [4.78, 5) is 12.5. The second-order valence-electron chi connectivity index (χ2n) is 7.22. The maximum atomic E-state index is 12.5. The molecule has 0 saturated heterocycles. The normalized spacial score (nSPS) is 17.5. The van der Waals surface area contributed by atoms with Crippen molar-refractivity contribution in [1.82, 2.24) is 5.01 Å². The lowest BCUT2D eigenvalue weighted by Gasteiger charge is -2.16. The van der Waals surface area contributed by atoms with E-state index < -0.39 is 0 Å². The van der Waals surface area contributed by atoms with Gasteiger partial charge in [-0.05, 0) is 49.7 Å². The lowest BCUT2D eigenvalue weighted by Crippen LogP contribution is -2.28. The summed E-state index contributed by atoms with van der Waals surface area (Å²) in [6.07, 6.45) is 1.55. The van der Waals surface area contributed by atoms with E-state index >= 15 is 0 Å². The quantitative estimate of drug-likeness (QED) is 0.834. The van der Waals surface area contributed by atoms with Crippen molar-refractivity contribution in [2.24, 2.45) is 5.10 Å². The Bertz CT molecular complexity index is 890. The van der Waals surface area contributed by atoms with Crippen molar-refractivity contribution in [3.05, 3.63) is 58.6 Å². The molecule has 0 saturated carbocycles. The van der Waals surface area contributed by atoms with Crippen molar-refractivity contribution in [3.8, 4) is 5.75 Å². The number of urea groups is 1. The fourth-order valence-electron chi connectivity index (χ4n) is 3.32. The van der Waals surface area contributed by atoms with Crippen LogP contribution in [0.25, 0.3) is 0 Å². The fourth-order valence-corrected chi connectivity index (χ4v) is 3.45. The zero-order chi connectivity index (χ0) is 18.3. The second kappa shape index (κ2) is 6.32. The molecular formula is C20H20ClN3O2. The van der Waals surface area contributed by atoms with Gasteiger partial charge in [-0.3, -0.25) is 0 Å². The van der Waals surface area contributed by atoms with Crippen molar-refractivity contribution in [2.45, 2.75) is 32.3 Å². The van der Waals surface area contributed by atoms with Gasteiger partial charge in [0.05, 0.1) is 12.3 Å². The van der Waals surface area contributed by atoms with E-state index in [0.717, 1.165) is 41.1 Å². The molecule has 0 aliphatic carbocycles. The van der Waals surface area contributed by atoms with Crippen molar-refractivity contribution < 1.29 is 9.53 Å². The molecule has 2 aromatic carbocycles. The topological polar surface area (TPSA) is 53.9 Å². The van der Waals surface area contributed by atoms with Gasteiger partial charge in [-0.2, -0.15) is 5.10 Å². The molecule has 2 aromatic rings. The minimum Gasteiger partial charge on any atom is -0.487 e. The van der Waals surface area contributed by atoms with E-state index in [1.165, 1.54) is 5.01 Å². The molecule has 0 bridgehead atoms. The second-order valence-corrected chi connectivity index (χ2v) is 7.65. The van der Waals surface area contributed by atoms with Crippen LogP contribution in [0.15, 0.2) is 47.6 Å². The van der Waals surface area contributed by atoms with Crippen LogP contribution in [0.4, 0.5) is 10.5 Å². The van der Waals surface area contributed by atoms with Gasteiger partial charge in [-0.1, -0.05) is 23.7 Å². The Morgan fingerprint density at radius 2 is 2.00 bits per heavy atom. The van der Waals surface area contributed by atoms with Crippen LogP contribution in [0.3, 0.4) is 0 Å². The summed E-state index contributed by atoms with van der Waals surface area (Å²) in [6.45, 7) is 4.68. The Morgan fingerprint density at radius 3 is 2.77 bits per heavy atom. The molecule has 2 amide bonds. The number of ether oxygens (including phenoxy) is 1. The highest BCUT2D eigenvalue weighted by Gasteiger charge is 2.30. The van der Waals surface area contributed by atoms with E-state index in [-0.39, 0.29) is 11.6 Å². The molecule has 4 rings (SSSR count). The van der Waals surface area contributed by atoms with E-state index in [0.29, 0.717) is 11.6 Å². The molecule has 2 heterocycles. The zero-order valence-electron chi connectivity index (χ0n) is 14.8. The molecule has 0 spiro atoms. The third-order valence-corrected chi connectivity index (χ3v) is 4.78. The summed E-state index contributed by atoms with van der Waals surface area (Å²) >= 11 is 5.92. The van der Waals surface area contributed by atoms with Crippen LogP contribution in [0.5, 0.6) is 5.75 Å². The average Bonchev–Trinajstić information content (AvgIpc) is 3.18. The number of nitrogens with one attached hydrogen (secondary N) is 1. The molecule has 0 fully saturated rings. The number of carbonyl (C=O) groups is 1. The molecule has 134 valence electrons. The molecule has 0 aromatic heterocycles. The largest absolute Gasteiger partial charge is 0.487 e. The molecule has 0 atom stereocenters. The molecular weight excluding hydrogens is 350 g/mol. The summed E-state index contributed by atoms with van der Waals surface area (Å²) in [5, 5.41) is 9.53. The van der Waals surface area contributed by atoms with Crippen LogP contribution in [0.1, 0.15) is 31.4 Å². The van der Waals surface area contributed by atoms with Crippen molar-refractivity contribution in [3.63, 3.8) is 0 Å². The van der Waals surface area contributed by atoms with Gasteiger partial charge >= 0.3 is 6.03 Å². The monoisotopic (exact) mass is 369 g/mol. The van der Waals surface area contributed by atoms with E-state index in [2.05, 4.69) is 24.3 Å². The number of hydrogen-bond acceptors (Lipinski definition) is 3. The summed E-state index contributed by atoms with van der Waals surface area (Å²) in [6, 6.07) is 13.0. The maximum Gasteiger partial charge on any atom is 0.342 e. The number of rotatable bonds is 2. The van der Waals surface area contributed by atoms with Crippen molar-refractivity contribution in [2.75, 3.05) is 11.9 Å². The first-order valence-electron chi connectivity index (χ1n) is 8.63. The van der Waals surface area contributed by atoms with Crippen LogP contribution in [-0.2, 0) is 6.42 Å². The van der Waals surface area contributed by atoms with Gasteiger partial charge < -0.3 is 10.1 Å². The van der Waals surface area contributed by atoms with Gasteiger partial charge in [0.1, 0.15) is 11.4 Å². The number of hydrazone groups is 1. The van der Waals surface area contributed by atoms with Gasteiger partial charge in [-0.25, -0.2) is 9.80 Å². The number of fused-ring (bicyclic) bond motifs is 1. The van der Waals surface area contributed by atoms with E-state index in [1.54, 1.807) is 0 Å². The van der Waals surface area contributed by atoms with Crippen molar-refractivity contribution in [1.29, 1.82) is 0 Å². The first-order valence-corrected chi connectivity index (χ1v) is 9.01. The van der Waals surface area contributed by atoms with E-state index in [4.69, 9.17) is 16.3 Å². The molecule has 6 heteroatoms. The Morgan fingerprint density at radius 1 is 1.23 bits per heavy atom. The Kier molecular flexibility index (Phi) is 4.11. The lowest BCUT2D eigenvalue weighted by molar-refractivity contribution is 0.138. The number of halogens is 1. The number of amides is 2. The Hall–Kier alpha value is -2.53. The van der Waals surface area contributed by atoms with Crippen LogP contribution < -0.4 is 10.1 Å². The van der Waals surface area contributed by atoms with Crippen LogP contribution >= 0.6 is 11.6 Å². The van der Waals surface area contributed by atoms with E-state index in [1.807, 2.05) is 42.5 Å². The third kappa shape index (κ3) is 3.40. The SMILES string of the molecule is CC1(C)Cc2cc(NC(=O)N3CCC(c4ccc(Cl)cc4)=N3)ccc2O1. The van der Waals surface area contributed by atoms with Crippen LogP contribution in [0, 0.1) is 0 Å². The molecule has 0 unspecified atom stereocenters. The Balaban J connectivity index is 1.45. The standard InChI is InChI=1S/C20H20ClN3O2/c1-20(2)12-14-11-16(7-8-18(14)26-20)22-19(25)24-10-9-17(23-24)13-3-5-15(21)6-4-13/h3-8,11H,9-10,12H2,1-2H3,(H,22,25). The predicted octanol–water partition coefficient (Wildman–Crippen LogP) is 4.70. The van der Waals surface area contributed by atoms with Crippen LogP contribution in [0.2, 0.25) is 5.02 Å². The summed E-state index contributed by atoms with van der Waals surface area (Å²) in [7, 11) is 0. The third-order valence-electron chi connectivity index (χ3n) is 4.53. The number of hydrogen-bond donors (Lipinski definition) is 1. The van der Waals surface area contributed by atoms with Gasteiger partial charge in [0.15, 0.2) is 0 Å². The highest BCUT2D eigenvalue weighted by molar-refractivity contribution is 6.30. The molecule has 1 N–H and O–H groups in total. The molecule has 26 heavy (non-hydrogen) atoms. The molecule has 5 nitrogen and oxygen atoms in total. The zero-order valence-corrected chi connectivity index (χ0v) is 15.5. The average molecular weight is 370 g/mol. The summed E-state index contributed by atoms with van der Waals surface area (Å²) in [5.41, 5.74) is 3.55. The molecule has 2 aliphatic rings. The smallest absolute Gasteiger partial charge is 0.342 e. The first-order chi connectivity index (χ1) is 12.4. The lowest BCUT2D eigenvalue weighted by atomic mass is 10.0. The highest BCUT2D eigenvalue weighted by Crippen LogP contribution is 2.36. The summed E-state index contributed by atoms with van der Waals surface area (Å²) < 4.78 is 5.87. The first kappa shape index (κ1) is 16.9. The number of benzene rings is 2. The van der Waals surface area contributed by atoms with Crippen LogP contribution in [-0.4, -0.2) is 28.9 Å². The maximum absolute atomic E-state index is 12.5. The number of anilines is 1. The minimum absolute atomic E-state index is 0.197.